The quantitative estimate of drug-likeness (QED) is 0.0261. The zero-order chi connectivity index (χ0) is 56.4. The summed E-state index contributed by atoms with van der Waals surface area (Å²) in [4.78, 5) is 38.3. The summed E-state index contributed by atoms with van der Waals surface area (Å²) in [6.45, 7) is 6.48. The molecule has 0 fully saturated rings. The number of hydrogen-bond donors (Lipinski definition) is 0. The highest BCUT2D eigenvalue weighted by molar-refractivity contribution is 5.71. The molecule has 0 amide bonds. The molecule has 0 aromatic carbocycles. The molecule has 0 N–H and O–H groups in total. The molecule has 0 aromatic heterocycles. The first-order chi connectivity index (χ1) is 38.5. The number of ether oxygens (including phenoxy) is 3. The van der Waals surface area contributed by atoms with Crippen molar-refractivity contribution in [2.45, 2.75) is 341 Å². The molecule has 0 saturated heterocycles. The van der Waals surface area contributed by atoms with Crippen LogP contribution in [-0.4, -0.2) is 37.2 Å². The highest BCUT2D eigenvalue weighted by Gasteiger charge is 2.19. The number of allylic oxidation sites excluding steroid dienone is 14. The van der Waals surface area contributed by atoms with E-state index in [4.69, 9.17) is 14.2 Å². The van der Waals surface area contributed by atoms with Gasteiger partial charge in [0.2, 0.25) is 0 Å². The van der Waals surface area contributed by atoms with Crippen molar-refractivity contribution >= 4 is 17.9 Å². The van der Waals surface area contributed by atoms with E-state index in [0.29, 0.717) is 19.3 Å². The molecular formula is C72H126O6. The van der Waals surface area contributed by atoms with Crippen LogP contribution in [-0.2, 0) is 28.6 Å². The van der Waals surface area contributed by atoms with Crippen molar-refractivity contribution in [2.75, 3.05) is 13.2 Å². The monoisotopic (exact) mass is 1090 g/mol. The smallest absolute Gasteiger partial charge is 0.306 e. The molecule has 0 aliphatic carbocycles. The van der Waals surface area contributed by atoms with Crippen LogP contribution in [0.4, 0.5) is 0 Å². The summed E-state index contributed by atoms with van der Waals surface area (Å²) in [6, 6.07) is 0. The lowest BCUT2D eigenvalue weighted by molar-refractivity contribution is -0.167. The fourth-order valence-electron chi connectivity index (χ4n) is 9.57. The third-order valence-electron chi connectivity index (χ3n) is 14.6. The van der Waals surface area contributed by atoms with Crippen molar-refractivity contribution in [3.8, 4) is 0 Å². The first-order valence-corrected chi connectivity index (χ1v) is 33.6. The third kappa shape index (κ3) is 63.4. The van der Waals surface area contributed by atoms with Gasteiger partial charge >= 0.3 is 17.9 Å². The number of hydrogen-bond acceptors (Lipinski definition) is 6. The van der Waals surface area contributed by atoms with Crippen LogP contribution < -0.4 is 0 Å². The molecule has 0 bridgehead atoms. The van der Waals surface area contributed by atoms with E-state index < -0.39 is 6.10 Å². The number of unbranched alkanes of at least 4 members (excludes halogenated alkanes) is 36. The first kappa shape index (κ1) is 74.6. The Morgan fingerprint density at radius 3 is 0.833 bits per heavy atom. The molecule has 450 valence electrons. The molecule has 1 unspecified atom stereocenters. The Morgan fingerprint density at radius 1 is 0.269 bits per heavy atom. The van der Waals surface area contributed by atoms with Crippen molar-refractivity contribution in [1.82, 2.24) is 0 Å². The van der Waals surface area contributed by atoms with Gasteiger partial charge in [0.25, 0.3) is 0 Å². The number of esters is 3. The Balaban J connectivity index is 4.12. The number of rotatable bonds is 61. The van der Waals surface area contributed by atoms with Crippen molar-refractivity contribution < 1.29 is 28.6 Å². The average molecular weight is 1090 g/mol. The Hall–Kier alpha value is -3.41. The van der Waals surface area contributed by atoms with E-state index >= 15 is 0 Å². The predicted molar refractivity (Wildman–Crippen MR) is 339 cm³/mol. The lowest BCUT2D eigenvalue weighted by Gasteiger charge is -2.18. The van der Waals surface area contributed by atoms with Crippen LogP contribution in [0.15, 0.2) is 85.1 Å². The molecule has 1 atom stereocenters. The van der Waals surface area contributed by atoms with Crippen molar-refractivity contribution in [3.05, 3.63) is 85.1 Å². The van der Waals surface area contributed by atoms with E-state index in [1.807, 2.05) is 0 Å². The second-order valence-corrected chi connectivity index (χ2v) is 22.3. The van der Waals surface area contributed by atoms with E-state index in [2.05, 4.69) is 106 Å². The van der Waals surface area contributed by atoms with E-state index in [1.165, 1.54) is 180 Å². The molecule has 0 heterocycles. The second-order valence-electron chi connectivity index (χ2n) is 22.3. The Bertz CT molecular complexity index is 1480. The Kier molecular flexibility index (Phi) is 63.2. The van der Waals surface area contributed by atoms with Gasteiger partial charge in [-0.3, -0.25) is 14.4 Å². The van der Waals surface area contributed by atoms with Crippen LogP contribution in [0.25, 0.3) is 0 Å². The highest BCUT2D eigenvalue weighted by Crippen LogP contribution is 2.17. The summed E-state index contributed by atoms with van der Waals surface area (Å²) in [5.41, 5.74) is 0. The molecule has 6 nitrogen and oxygen atoms in total. The SMILES string of the molecule is CC/C=C\C/C=C\C/C=C\C/C=C\CCCCCCCCCCCCCCCCCCCCCCC(=O)OCC(COC(=O)CCCCCCC/C=C\CCCCCC)OC(=O)CCCCCCC/C=C\C/C=C\CCCC. The molecule has 78 heavy (non-hydrogen) atoms. The fraction of sp³-hybridized carbons (Fsp3) is 0.764. The van der Waals surface area contributed by atoms with Gasteiger partial charge in [-0.2, -0.15) is 0 Å². The number of carbonyl (C=O) groups is 3. The maximum absolute atomic E-state index is 12.9. The summed E-state index contributed by atoms with van der Waals surface area (Å²) in [5.74, 6) is -0.890. The van der Waals surface area contributed by atoms with Gasteiger partial charge in [0.1, 0.15) is 13.2 Å². The normalized spacial score (nSPS) is 12.6. The molecule has 0 rings (SSSR count). The Labute approximate surface area is 484 Å². The fourth-order valence-corrected chi connectivity index (χ4v) is 9.57. The third-order valence-corrected chi connectivity index (χ3v) is 14.6. The zero-order valence-electron chi connectivity index (χ0n) is 51.7. The van der Waals surface area contributed by atoms with Gasteiger partial charge in [-0.05, 0) is 109 Å². The van der Waals surface area contributed by atoms with Gasteiger partial charge in [0.05, 0.1) is 0 Å². The summed E-state index contributed by atoms with van der Waals surface area (Å²) < 4.78 is 16.9. The van der Waals surface area contributed by atoms with Crippen molar-refractivity contribution in [3.63, 3.8) is 0 Å². The minimum Gasteiger partial charge on any atom is -0.462 e. The molecule has 6 heteroatoms. The summed E-state index contributed by atoms with van der Waals surface area (Å²) in [6.07, 6.45) is 87.6. The van der Waals surface area contributed by atoms with Crippen molar-refractivity contribution in [1.29, 1.82) is 0 Å². The zero-order valence-corrected chi connectivity index (χ0v) is 51.7. The lowest BCUT2D eigenvalue weighted by Crippen LogP contribution is -2.30. The van der Waals surface area contributed by atoms with Crippen LogP contribution in [0.3, 0.4) is 0 Å². The molecular weight excluding hydrogens is 961 g/mol. The van der Waals surface area contributed by atoms with Gasteiger partial charge in [0, 0.05) is 19.3 Å². The minimum absolute atomic E-state index is 0.0810. The summed E-state index contributed by atoms with van der Waals surface area (Å²) >= 11 is 0. The highest BCUT2D eigenvalue weighted by atomic mass is 16.6. The molecule has 0 aliphatic heterocycles. The van der Waals surface area contributed by atoms with E-state index in [9.17, 15) is 14.4 Å². The maximum atomic E-state index is 12.9. The summed E-state index contributed by atoms with van der Waals surface area (Å²) in [5, 5.41) is 0. The maximum Gasteiger partial charge on any atom is 0.306 e. The molecule has 0 aliphatic rings. The second kappa shape index (κ2) is 66.1. The van der Waals surface area contributed by atoms with Gasteiger partial charge < -0.3 is 14.2 Å². The topological polar surface area (TPSA) is 78.9 Å². The average Bonchev–Trinajstić information content (AvgIpc) is 3.44. The first-order valence-electron chi connectivity index (χ1n) is 33.6. The minimum atomic E-state index is -0.785. The van der Waals surface area contributed by atoms with Gasteiger partial charge in [-0.1, -0.05) is 292 Å². The lowest BCUT2D eigenvalue weighted by atomic mass is 10.0. The van der Waals surface area contributed by atoms with Gasteiger partial charge in [0.15, 0.2) is 6.10 Å². The predicted octanol–water partition coefficient (Wildman–Crippen LogP) is 23.1. The Morgan fingerprint density at radius 2 is 0.513 bits per heavy atom. The van der Waals surface area contributed by atoms with E-state index in [-0.39, 0.29) is 31.1 Å². The van der Waals surface area contributed by atoms with Gasteiger partial charge in [-0.25, -0.2) is 0 Å². The molecule has 0 aromatic rings. The largest absolute Gasteiger partial charge is 0.462 e. The molecule has 0 saturated carbocycles. The summed E-state index contributed by atoms with van der Waals surface area (Å²) in [7, 11) is 0. The standard InChI is InChI=1S/C72H126O6/c1-4-7-10-13-16-19-22-25-27-28-29-30-31-32-33-34-35-36-37-38-39-40-41-42-43-44-45-48-50-53-56-59-62-65-71(74)77-68-69(67-76-70(73)64-61-58-55-52-49-46-24-21-18-15-12-9-6-3)78-72(75)66-63-60-57-54-51-47-26-23-20-17-14-11-8-5-2/h7,10,14,16-17,19,21,23-27,29-30,69H,4-6,8-9,11-13,15,18,20,22,28,31-68H2,1-3H3/b10-7-,17-14-,19-16-,24-21-,26-23-,27-25-,30-29-. The van der Waals surface area contributed by atoms with E-state index in [0.717, 1.165) is 116 Å². The van der Waals surface area contributed by atoms with Crippen LogP contribution >= 0.6 is 0 Å². The van der Waals surface area contributed by atoms with Crippen LogP contribution in [0.1, 0.15) is 335 Å². The van der Waals surface area contributed by atoms with Crippen LogP contribution in [0, 0.1) is 0 Å². The van der Waals surface area contributed by atoms with Crippen molar-refractivity contribution in [2.24, 2.45) is 0 Å². The molecule has 0 radical (unpaired) electrons. The number of carbonyl (C=O) groups excluding carboxylic acids is 3. The van der Waals surface area contributed by atoms with E-state index in [1.54, 1.807) is 0 Å². The van der Waals surface area contributed by atoms with Crippen LogP contribution in [0.5, 0.6) is 0 Å². The van der Waals surface area contributed by atoms with Gasteiger partial charge in [-0.15, -0.1) is 0 Å². The van der Waals surface area contributed by atoms with Crippen LogP contribution in [0.2, 0.25) is 0 Å². The molecule has 0 spiro atoms.